The minimum Gasteiger partial charge on any atom is -0.463 e. The van der Waals surface area contributed by atoms with Gasteiger partial charge in [0.25, 0.3) is 5.19 Å². The first-order valence-corrected chi connectivity index (χ1v) is 14.4. The average molecular weight is 524 g/mol. The van der Waals surface area contributed by atoms with Gasteiger partial charge in [0.1, 0.15) is 16.5 Å². The molecule has 5 rings (SSSR count). The van der Waals surface area contributed by atoms with Crippen molar-refractivity contribution in [3.05, 3.63) is 53.9 Å². The number of fused-ring (bicyclic) bond motifs is 1. The zero-order valence-corrected chi connectivity index (χ0v) is 22.4. The van der Waals surface area contributed by atoms with Crippen LogP contribution in [0.5, 0.6) is 5.19 Å². The molecule has 1 aliphatic heterocycles. The molecule has 2 atom stereocenters. The monoisotopic (exact) mass is 523 g/mol. The van der Waals surface area contributed by atoms with Gasteiger partial charge in [0.15, 0.2) is 5.82 Å². The normalized spacial score (nSPS) is 15.9. The summed E-state index contributed by atoms with van der Waals surface area (Å²) in [7, 11) is -0.994. The van der Waals surface area contributed by atoms with Crippen molar-refractivity contribution >= 4 is 38.5 Å². The molecule has 1 aromatic carbocycles. The Hall–Kier alpha value is -3.11. The van der Waals surface area contributed by atoms with Crippen LogP contribution in [-0.4, -0.2) is 49.8 Å². The van der Waals surface area contributed by atoms with Crippen molar-refractivity contribution in [2.75, 3.05) is 24.2 Å². The zero-order valence-electron chi connectivity index (χ0n) is 20.8. The summed E-state index contributed by atoms with van der Waals surface area (Å²) in [5, 5.41) is 4.68. The molecule has 4 aromatic rings. The van der Waals surface area contributed by atoms with Gasteiger partial charge >= 0.3 is 6.01 Å². The van der Waals surface area contributed by atoms with E-state index in [1.165, 1.54) is 16.9 Å². The van der Waals surface area contributed by atoms with E-state index in [1.807, 2.05) is 43.3 Å². The minimum atomic E-state index is -0.994. The summed E-state index contributed by atoms with van der Waals surface area (Å²) in [5.41, 5.74) is 4.01. The lowest BCUT2D eigenvalue weighted by Crippen LogP contribution is -2.31. The maximum Gasteiger partial charge on any atom is 0.324 e. The Morgan fingerprint density at radius 3 is 2.47 bits per heavy atom. The van der Waals surface area contributed by atoms with E-state index in [2.05, 4.69) is 39.9 Å². The summed E-state index contributed by atoms with van der Waals surface area (Å²) in [6.45, 7) is 7.85. The van der Waals surface area contributed by atoms with Crippen molar-refractivity contribution in [3.63, 3.8) is 0 Å². The molecule has 0 amide bonds. The minimum absolute atomic E-state index is 0.0926. The molecule has 0 bridgehead atoms. The first kappa shape index (κ1) is 24.6. The Labute approximate surface area is 216 Å². The molecule has 0 spiro atoms. The number of hydrogen-bond acceptors (Lipinski definition) is 9. The van der Waals surface area contributed by atoms with E-state index >= 15 is 0 Å². The number of piperidine rings is 1. The third-order valence-corrected chi connectivity index (χ3v) is 7.89. The highest BCUT2D eigenvalue weighted by molar-refractivity contribution is 7.84. The SMILES string of the molecule is CC(C=C1CCN(c2nc(C(C)C)no2)CC1)Oc1nc2ccc(-c3ccc(S(C)=O)cc3)nc2s1. The molecule has 36 heavy (non-hydrogen) atoms. The van der Waals surface area contributed by atoms with Gasteiger partial charge in [0.2, 0.25) is 0 Å². The highest BCUT2D eigenvalue weighted by atomic mass is 32.2. The van der Waals surface area contributed by atoms with Crippen LogP contribution in [0.4, 0.5) is 6.01 Å². The first-order chi connectivity index (χ1) is 17.4. The first-order valence-electron chi connectivity index (χ1n) is 12.0. The van der Waals surface area contributed by atoms with Crippen LogP contribution in [0.3, 0.4) is 0 Å². The Morgan fingerprint density at radius 2 is 1.81 bits per heavy atom. The maximum absolute atomic E-state index is 11.6. The van der Waals surface area contributed by atoms with Gasteiger partial charge in [-0.3, -0.25) is 4.21 Å². The van der Waals surface area contributed by atoms with E-state index in [-0.39, 0.29) is 12.0 Å². The number of rotatable bonds is 7. The van der Waals surface area contributed by atoms with Crippen molar-refractivity contribution in [1.29, 1.82) is 0 Å². The van der Waals surface area contributed by atoms with Crippen molar-refractivity contribution in [2.45, 2.75) is 50.5 Å². The van der Waals surface area contributed by atoms with Gasteiger partial charge in [-0.05, 0) is 50.1 Å². The molecule has 10 heteroatoms. The van der Waals surface area contributed by atoms with E-state index in [4.69, 9.17) is 14.2 Å². The molecule has 0 radical (unpaired) electrons. The molecule has 0 aliphatic carbocycles. The Morgan fingerprint density at radius 1 is 1.06 bits per heavy atom. The molecule has 3 aromatic heterocycles. The van der Waals surface area contributed by atoms with E-state index in [1.54, 1.807) is 6.26 Å². The number of benzene rings is 1. The lowest BCUT2D eigenvalue weighted by atomic mass is 10.0. The van der Waals surface area contributed by atoms with Gasteiger partial charge in [-0.25, -0.2) is 9.97 Å². The molecule has 4 heterocycles. The standard InChI is InChI=1S/C26H29N5O3S2/c1-16(2)23-29-25(34-30-23)31-13-11-18(12-14-31)15-17(3)33-26-28-22-10-9-21(27-24(22)35-26)19-5-7-20(8-6-19)36(4)32/h5-10,15-17H,11-14H2,1-4H3. The molecule has 0 saturated carbocycles. The topological polar surface area (TPSA) is 94.2 Å². The van der Waals surface area contributed by atoms with Gasteiger partial charge in [-0.2, -0.15) is 4.98 Å². The van der Waals surface area contributed by atoms with E-state index < -0.39 is 10.8 Å². The second-order valence-corrected chi connectivity index (χ2v) is 11.5. The van der Waals surface area contributed by atoms with Crippen LogP contribution in [0.25, 0.3) is 21.6 Å². The number of anilines is 1. The second-order valence-electron chi connectivity index (χ2n) is 9.20. The van der Waals surface area contributed by atoms with Crippen molar-refractivity contribution in [1.82, 2.24) is 20.1 Å². The predicted octanol–water partition coefficient (Wildman–Crippen LogP) is 5.60. The third-order valence-electron chi connectivity index (χ3n) is 6.10. The van der Waals surface area contributed by atoms with E-state index in [9.17, 15) is 4.21 Å². The predicted molar refractivity (Wildman–Crippen MR) is 143 cm³/mol. The summed E-state index contributed by atoms with van der Waals surface area (Å²) in [5.74, 6) is 1.00. The number of thiazole rings is 1. The Kier molecular flexibility index (Phi) is 7.15. The van der Waals surface area contributed by atoms with E-state index in [0.717, 1.165) is 58.3 Å². The number of hydrogen-bond donors (Lipinski definition) is 0. The highest BCUT2D eigenvalue weighted by Crippen LogP contribution is 2.30. The van der Waals surface area contributed by atoms with Crippen LogP contribution in [-0.2, 0) is 10.8 Å². The van der Waals surface area contributed by atoms with Gasteiger partial charge in [0, 0.05) is 46.5 Å². The molecule has 1 aliphatic rings. The lowest BCUT2D eigenvalue weighted by Gasteiger charge is -2.27. The summed E-state index contributed by atoms with van der Waals surface area (Å²) in [6, 6.07) is 12.2. The summed E-state index contributed by atoms with van der Waals surface area (Å²) in [6.07, 6.45) is 5.64. The molecule has 1 fully saturated rings. The van der Waals surface area contributed by atoms with Crippen molar-refractivity contribution in [2.24, 2.45) is 0 Å². The second kappa shape index (κ2) is 10.5. The van der Waals surface area contributed by atoms with Crippen LogP contribution >= 0.6 is 11.3 Å². The molecule has 0 N–H and O–H groups in total. The van der Waals surface area contributed by atoms with Crippen LogP contribution in [0.1, 0.15) is 45.4 Å². The van der Waals surface area contributed by atoms with Crippen LogP contribution in [0.2, 0.25) is 0 Å². The van der Waals surface area contributed by atoms with Crippen LogP contribution in [0.15, 0.2) is 57.5 Å². The third kappa shape index (κ3) is 5.49. The Balaban J connectivity index is 1.21. The van der Waals surface area contributed by atoms with E-state index in [0.29, 0.717) is 11.2 Å². The molecule has 188 valence electrons. The van der Waals surface area contributed by atoms with Gasteiger partial charge < -0.3 is 14.2 Å². The van der Waals surface area contributed by atoms with Crippen molar-refractivity contribution < 1.29 is 13.5 Å². The summed E-state index contributed by atoms with van der Waals surface area (Å²) in [4.78, 5) is 17.7. The fourth-order valence-electron chi connectivity index (χ4n) is 4.09. The molecule has 1 saturated heterocycles. The lowest BCUT2D eigenvalue weighted by molar-refractivity contribution is 0.267. The van der Waals surface area contributed by atoms with Gasteiger partial charge in [-0.1, -0.05) is 48.0 Å². The fourth-order valence-corrected chi connectivity index (χ4v) is 5.48. The molecule has 2 unspecified atom stereocenters. The number of ether oxygens (including phenoxy) is 1. The van der Waals surface area contributed by atoms with Gasteiger partial charge in [0.05, 0.1) is 5.69 Å². The largest absolute Gasteiger partial charge is 0.463 e. The Bertz CT molecular complexity index is 1400. The number of pyridine rings is 1. The maximum atomic E-state index is 11.6. The number of aromatic nitrogens is 4. The molecular weight excluding hydrogens is 494 g/mol. The van der Waals surface area contributed by atoms with Gasteiger partial charge in [-0.15, -0.1) is 0 Å². The molecular formula is C26H29N5O3S2. The van der Waals surface area contributed by atoms with Crippen molar-refractivity contribution in [3.8, 4) is 16.5 Å². The average Bonchev–Trinajstić information content (AvgIpc) is 3.51. The quantitative estimate of drug-likeness (QED) is 0.289. The highest BCUT2D eigenvalue weighted by Gasteiger charge is 2.21. The van der Waals surface area contributed by atoms with Crippen LogP contribution in [0, 0.1) is 0 Å². The fraction of sp³-hybridized carbons (Fsp3) is 0.385. The zero-order chi connectivity index (χ0) is 25.2. The summed E-state index contributed by atoms with van der Waals surface area (Å²) < 4.78 is 23.2. The number of nitrogens with zero attached hydrogens (tertiary/aromatic N) is 5. The smallest absolute Gasteiger partial charge is 0.324 e. The summed E-state index contributed by atoms with van der Waals surface area (Å²) >= 11 is 1.45. The molecule has 8 nitrogen and oxygen atoms in total. The van der Waals surface area contributed by atoms with Crippen LogP contribution < -0.4 is 9.64 Å².